The first-order chi connectivity index (χ1) is 5.31. The van der Waals surface area contributed by atoms with Crippen molar-refractivity contribution < 1.29 is 18.8 Å². The lowest BCUT2D eigenvalue weighted by Crippen LogP contribution is -2.08. The fourth-order valence-corrected chi connectivity index (χ4v) is 1.04. The second-order valence-corrected chi connectivity index (χ2v) is 3.48. The predicted molar refractivity (Wildman–Crippen MR) is 43.0 cm³/mol. The molecule has 64 valence electrons. The van der Waals surface area contributed by atoms with Gasteiger partial charge in [0, 0.05) is 5.75 Å². The molecule has 4 nitrogen and oxygen atoms in total. The van der Waals surface area contributed by atoms with Crippen LogP contribution in [0.2, 0.25) is 0 Å². The summed E-state index contributed by atoms with van der Waals surface area (Å²) in [6.07, 6.45) is -0.671. The van der Waals surface area contributed by atoms with Gasteiger partial charge in [-0.05, 0) is 6.92 Å². The van der Waals surface area contributed by atoms with Gasteiger partial charge < -0.3 is 9.47 Å². The number of hydrogen-bond donors (Lipinski definition) is 0. The van der Waals surface area contributed by atoms with Crippen molar-refractivity contribution in [2.24, 2.45) is 0 Å². The Balaban J connectivity index is 3.10. The Labute approximate surface area is 70.6 Å². The van der Waals surface area contributed by atoms with Gasteiger partial charge in [0.2, 0.25) is 7.66 Å². The Morgan fingerprint density at radius 3 is 2.82 bits per heavy atom. The molecule has 0 spiro atoms. The molecular formula is C5H9O4PS. The van der Waals surface area contributed by atoms with Crippen molar-refractivity contribution in [1.29, 1.82) is 0 Å². The second kappa shape index (κ2) is 7.82. The molecule has 0 aromatic carbocycles. The molecule has 11 heavy (non-hydrogen) atoms. The summed E-state index contributed by atoms with van der Waals surface area (Å²) in [5.41, 5.74) is 0. The second-order valence-electron chi connectivity index (χ2n) is 1.44. The van der Waals surface area contributed by atoms with Crippen LogP contribution in [0.5, 0.6) is 0 Å². The van der Waals surface area contributed by atoms with Crippen LogP contribution in [0.3, 0.4) is 0 Å². The monoisotopic (exact) mass is 196 g/mol. The van der Waals surface area contributed by atoms with Gasteiger partial charge in [-0.15, -0.1) is 0 Å². The molecule has 0 aromatic rings. The number of hydrogen-bond acceptors (Lipinski definition) is 5. The third-order valence-electron chi connectivity index (χ3n) is 0.709. The molecule has 0 N–H and O–H groups in total. The third-order valence-corrected chi connectivity index (χ3v) is 2.03. The van der Waals surface area contributed by atoms with Gasteiger partial charge in [0.15, 0.2) is 0 Å². The van der Waals surface area contributed by atoms with Gasteiger partial charge in [-0.3, -0.25) is 4.57 Å². The predicted octanol–water partition coefficient (Wildman–Crippen LogP) is 2.10. The molecule has 0 atom stereocenters. The van der Waals surface area contributed by atoms with E-state index in [2.05, 4.69) is 9.47 Å². The highest BCUT2D eigenvalue weighted by Crippen LogP contribution is 2.15. The maximum absolute atomic E-state index is 10.5. The minimum Gasteiger partial charge on any atom is -0.435 e. The molecule has 0 aliphatic heterocycles. The average molecular weight is 196 g/mol. The van der Waals surface area contributed by atoms with Crippen LogP contribution in [0.25, 0.3) is 0 Å². The van der Waals surface area contributed by atoms with Gasteiger partial charge in [0.05, 0.1) is 6.61 Å². The van der Waals surface area contributed by atoms with Gasteiger partial charge in [-0.1, -0.05) is 11.4 Å². The lowest BCUT2D eigenvalue weighted by atomic mass is 10.8. The normalized spacial score (nSPS) is 9.55. The van der Waals surface area contributed by atoms with Crippen LogP contribution < -0.4 is 0 Å². The molecule has 0 aromatic heterocycles. The van der Waals surface area contributed by atoms with Gasteiger partial charge in [0.1, 0.15) is 6.61 Å². The van der Waals surface area contributed by atoms with Crippen molar-refractivity contribution in [2.75, 3.05) is 19.0 Å². The van der Waals surface area contributed by atoms with Crippen molar-refractivity contribution >= 4 is 25.2 Å². The lowest BCUT2D eigenvalue weighted by molar-refractivity contribution is 0.0638. The topological polar surface area (TPSA) is 52.6 Å². The molecule has 0 rings (SSSR count). The van der Waals surface area contributed by atoms with E-state index >= 15 is 0 Å². The van der Waals surface area contributed by atoms with Gasteiger partial charge in [-0.2, -0.15) is 0 Å². The minimum atomic E-state index is -0.671. The van der Waals surface area contributed by atoms with Crippen LogP contribution in [0.4, 0.5) is 4.79 Å². The van der Waals surface area contributed by atoms with E-state index in [1.165, 1.54) is 0 Å². The molecule has 6 heteroatoms. The quantitative estimate of drug-likeness (QED) is 0.383. The summed E-state index contributed by atoms with van der Waals surface area (Å²) in [6.45, 7) is 2.25. The highest BCUT2D eigenvalue weighted by molar-refractivity contribution is 8.45. The zero-order chi connectivity index (χ0) is 8.53. The smallest absolute Gasteiger partial charge is 0.435 e. The molecule has 0 saturated heterocycles. The van der Waals surface area contributed by atoms with E-state index in [-0.39, 0.29) is 14.3 Å². The highest BCUT2D eigenvalue weighted by atomic mass is 32.7. The fourth-order valence-electron chi connectivity index (χ4n) is 0.359. The highest BCUT2D eigenvalue weighted by Gasteiger charge is 2.00. The average Bonchev–Trinajstić information content (AvgIpc) is 1.99. The summed E-state index contributed by atoms with van der Waals surface area (Å²) >= 11 is 1.15. The molecule has 0 aliphatic carbocycles. The summed E-state index contributed by atoms with van der Waals surface area (Å²) in [7, 11) is -0.00107. The number of rotatable bonds is 5. The molecule has 0 fully saturated rings. The molecule has 0 aliphatic rings. The van der Waals surface area contributed by atoms with E-state index in [1.807, 2.05) is 0 Å². The first-order valence-corrected chi connectivity index (χ1v) is 5.45. The van der Waals surface area contributed by atoms with Crippen LogP contribution in [0.15, 0.2) is 0 Å². The molecule has 0 amide bonds. The van der Waals surface area contributed by atoms with Crippen molar-refractivity contribution in [3.8, 4) is 0 Å². The van der Waals surface area contributed by atoms with Crippen molar-refractivity contribution in [2.45, 2.75) is 6.92 Å². The van der Waals surface area contributed by atoms with Crippen molar-refractivity contribution in [3.63, 3.8) is 0 Å². The number of carbonyl (C=O) groups excluding carboxylic acids is 1. The van der Waals surface area contributed by atoms with Crippen LogP contribution in [0, 0.1) is 0 Å². The molecule has 0 unspecified atom stereocenters. The lowest BCUT2D eigenvalue weighted by Gasteiger charge is -2.01. The summed E-state index contributed by atoms with van der Waals surface area (Å²) < 4.78 is 18.9. The standard InChI is InChI=1S/C5H9O4PS/c1-2-8-5(6)9-3-4-11-10-7/h2-4H2,1H3. The van der Waals surface area contributed by atoms with E-state index in [4.69, 9.17) is 0 Å². The Hall–Kier alpha value is -0.280. The Morgan fingerprint density at radius 2 is 2.27 bits per heavy atom. The van der Waals surface area contributed by atoms with Crippen LogP contribution in [0.1, 0.15) is 6.92 Å². The molecule has 0 saturated carbocycles. The number of carbonyl (C=O) groups is 1. The summed E-state index contributed by atoms with van der Waals surface area (Å²) in [4.78, 5) is 10.5. The van der Waals surface area contributed by atoms with Crippen LogP contribution in [-0.4, -0.2) is 25.1 Å². The van der Waals surface area contributed by atoms with E-state index in [1.54, 1.807) is 6.92 Å². The maximum atomic E-state index is 10.5. The number of ether oxygens (including phenoxy) is 2. The van der Waals surface area contributed by atoms with E-state index < -0.39 is 6.16 Å². The summed E-state index contributed by atoms with van der Waals surface area (Å²) in [6, 6.07) is 0. The molecular weight excluding hydrogens is 187 g/mol. The van der Waals surface area contributed by atoms with E-state index in [0.717, 1.165) is 11.4 Å². The van der Waals surface area contributed by atoms with Crippen LogP contribution in [-0.2, 0) is 14.0 Å². The minimum absolute atomic E-state index is 0.00107. The maximum Gasteiger partial charge on any atom is 0.508 e. The van der Waals surface area contributed by atoms with Gasteiger partial charge in [-0.25, -0.2) is 4.79 Å². The third kappa shape index (κ3) is 7.62. The Bertz CT molecular complexity index is 130. The first kappa shape index (κ1) is 10.7. The molecule has 0 bridgehead atoms. The molecule has 0 radical (unpaired) electrons. The Kier molecular flexibility index (Phi) is 7.62. The zero-order valence-corrected chi connectivity index (χ0v) is 7.82. The Morgan fingerprint density at radius 1 is 1.55 bits per heavy atom. The zero-order valence-electron chi connectivity index (χ0n) is 6.11. The summed E-state index contributed by atoms with van der Waals surface area (Å²) in [5.74, 6) is 0.518. The van der Waals surface area contributed by atoms with E-state index in [0.29, 0.717) is 12.4 Å². The van der Waals surface area contributed by atoms with Gasteiger partial charge >= 0.3 is 6.16 Å². The van der Waals surface area contributed by atoms with Gasteiger partial charge in [0.25, 0.3) is 0 Å². The SMILES string of the molecule is CCOC(=O)OCCSP=O. The van der Waals surface area contributed by atoms with Crippen molar-refractivity contribution in [1.82, 2.24) is 0 Å². The molecule has 0 heterocycles. The fraction of sp³-hybridized carbons (Fsp3) is 0.800. The first-order valence-electron chi connectivity index (χ1n) is 3.05. The van der Waals surface area contributed by atoms with Crippen molar-refractivity contribution in [3.05, 3.63) is 0 Å². The summed E-state index contributed by atoms with van der Waals surface area (Å²) in [5, 5.41) is 0. The van der Waals surface area contributed by atoms with Crippen LogP contribution >= 0.6 is 19.0 Å². The largest absolute Gasteiger partial charge is 0.508 e. The van der Waals surface area contributed by atoms with E-state index in [9.17, 15) is 9.36 Å².